The summed E-state index contributed by atoms with van der Waals surface area (Å²) in [5.41, 5.74) is 0.213. The maximum Gasteiger partial charge on any atom is 0.339 e. The second-order valence-electron chi connectivity index (χ2n) is 4.53. The fourth-order valence-electron chi connectivity index (χ4n) is 2.16. The van der Waals surface area contributed by atoms with Crippen LogP contribution < -0.4 is 4.90 Å². The maximum absolute atomic E-state index is 11.2. The Bertz CT molecular complexity index is 421. The Balaban J connectivity index is 2.69. The summed E-state index contributed by atoms with van der Waals surface area (Å²) in [7, 11) is 0. The van der Waals surface area contributed by atoms with Gasteiger partial charge in [0, 0.05) is 13.1 Å². The van der Waals surface area contributed by atoms with E-state index in [-0.39, 0.29) is 5.56 Å². The summed E-state index contributed by atoms with van der Waals surface area (Å²) in [5, 5.41) is 17.0. The molecule has 1 heterocycles. The van der Waals surface area contributed by atoms with Crippen LogP contribution in [-0.4, -0.2) is 58.9 Å². The van der Waals surface area contributed by atoms with E-state index in [0.717, 1.165) is 39.1 Å². The fraction of sp³-hybridized carbons (Fsp3) is 0.643. The second-order valence-corrected chi connectivity index (χ2v) is 4.53. The number of carbonyl (C=O) groups is 1. The number of anilines is 1. The average molecular weight is 280 g/mol. The quantitative estimate of drug-likeness (QED) is 0.743. The van der Waals surface area contributed by atoms with Gasteiger partial charge in [0.1, 0.15) is 5.56 Å². The second kappa shape index (κ2) is 8.47. The predicted octanol–water partition coefficient (Wildman–Crippen LogP) is 1.73. The Kier molecular flexibility index (Phi) is 6.93. The third-order valence-corrected chi connectivity index (χ3v) is 3.41. The molecule has 1 rings (SSSR count). The van der Waals surface area contributed by atoms with Gasteiger partial charge in [0.25, 0.3) is 0 Å². The van der Waals surface area contributed by atoms with E-state index in [1.54, 1.807) is 0 Å². The summed E-state index contributed by atoms with van der Waals surface area (Å²) in [6.07, 6.45) is 2.39. The van der Waals surface area contributed by atoms with E-state index in [4.69, 9.17) is 0 Å². The number of carboxylic acid groups (broad SMARTS) is 1. The van der Waals surface area contributed by atoms with Gasteiger partial charge in [-0.3, -0.25) is 0 Å². The Morgan fingerprint density at radius 2 is 1.90 bits per heavy atom. The summed E-state index contributed by atoms with van der Waals surface area (Å²) in [5.74, 6) is -0.501. The van der Waals surface area contributed by atoms with Crippen molar-refractivity contribution < 1.29 is 9.90 Å². The minimum Gasteiger partial charge on any atom is -0.478 e. The molecule has 0 bridgehead atoms. The van der Waals surface area contributed by atoms with Gasteiger partial charge in [0.05, 0.1) is 6.20 Å². The molecule has 0 amide bonds. The standard InChI is InChI=1S/C14H24N4O2/c1-4-17(5-2)10-7-11-18(6-3)13-12(14(19)20)8-9-15-16-13/h8-9H,4-7,10-11H2,1-3H3,(H,19,20). The molecule has 0 spiro atoms. The van der Waals surface area contributed by atoms with Crippen molar-refractivity contribution in [1.29, 1.82) is 0 Å². The number of hydrogen-bond acceptors (Lipinski definition) is 5. The number of aromatic nitrogens is 2. The summed E-state index contributed by atoms with van der Waals surface area (Å²) >= 11 is 0. The van der Waals surface area contributed by atoms with Crippen LogP contribution in [0.2, 0.25) is 0 Å². The first-order chi connectivity index (χ1) is 9.63. The van der Waals surface area contributed by atoms with Crippen LogP contribution in [0.25, 0.3) is 0 Å². The molecular formula is C14H24N4O2. The first kappa shape index (κ1) is 16.4. The lowest BCUT2D eigenvalue weighted by molar-refractivity contribution is 0.0697. The summed E-state index contributed by atoms with van der Waals surface area (Å²) in [4.78, 5) is 15.5. The molecule has 6 heteroatoms. The molecule has 1 N–H and O–H groups in total. The zero-order valence-electron chi connectivity index (χ0n) is 12.5. The maximum atomic E-state index is 11.2. The zero-order chi connectivity index (χ0) is 15.0. The van der Waals surface area contributed by atoms with Crippen molar-refractivity contribution in [1.82, 2.24) is 15.1 Å². The predicted molar refractivity (Wildman–Crippen MR) is 79.3 cm³/mol. The highest BCUT2D eigenvalue weighted by Crippen LogP contribution is 2.16. The van der Waals surface area contributed by atoms with E-state index in [2.05, 4.69) is 28.9 Å². The van der Waals surface area contributed by atoms with Crippen molar-refractivity contribution in [3.63, 3.8) is 0 Å². The molecule has 0 radical (unpaired) electrons. The van der Waals surface area contributed by atoms with Crippen LogP contribution in [0, 0.1) is 0 Å². The first-order valence-electron chi connectivity index (χ1n) is 7.16. The molecule has 0 aliphatic rings. The number of aromatic carboxylic acids is 1. The van der Waals surface area contributed by atoms with Crippen LogP contribution in [0.15, 0.2) is 12.3 Å². The van der Waals surface area contributed by atoms with E-state index in [1.165, 1.54) is 12.3 Å². The fourth-order valence-corrected chi connectivity index (χ4v) is 2.16. The Labute approximate surface area is 120 Å². The molecule has 6 nitrogen and oxygen atoms in total. The third-order valence-electron chi connectivity index (χ3n) is 3.41. The summed E-state index contributed by atoms with van der Waals surface area (Å²) in [6, 6.07) is 1.50. The average Bonchev–Trinajstić information content (AvgIpc) is 2.47. The van der Waals surface area contributed by atoms with Crippen LogP contribution in [-0.2, 0) is 0 Å². The molecule has 0 aromatic carbocycles. The highest BCUT2D eigenvalue weighted by molar-refractivity contribution is 5.93. The Morgan fingerprint density at radius 3 is 2.45 bits per heavy atom. The van der Waals surface area contributed by atoms with E-state index >= 15 is 0 Å². The van der Waals surface area contributed by atoms with E-state index in [1.807, 2.05) is 11.8 Å². The minimum absolute atomic E-state index is 0.213. The molecule has 0 saturated carbocycles. The molecular weight excluding hydrogens is 256 g/mol. The van der Waals surface area contributed by atoms with Crippen molar-refractivity contribution in [3.8, 4) is 0 Å². The molecule has 1 aromatic rings. The van der Waals surface area contributed by atoms with Gasteiger partial charge in [0.15, 0.2) is 5.82 Å². The monoisotopic (exact) mass is 280 g/mol. The molecule has 0 saturated heterocycles. The van der Waals surface area contributed by atoms with Crippen LogP contribution in [0.4, 0.5) is 5.82 Å². The van der Waals surface area contributed by atoms with Crippen molar-refractivity contribution in [2.24, 2.45) is 0 Å². The van der Waals surface area contributed by atoms with Crippen LogP contribution in [0.1, 0.15) is 37.6 Å². The van der Waals surface area contributed by atoms with Gasteiger partial charge >= 0.3 is 5.97 Å². The van der Waals surface area contributed by atoms with Crippen molar-refractivity contribution in [3.05, 3.63) is 17.8 Å². The normalized spacial score (nSPS) is 10.8. The van der Waals surface area contributed by atoms with Crippen LogP contribution >= 0.6 is 0 Å². The van der Waals surface area contributed by atoms with Crippen molar-refractivity contribution in [2.45, 2.75) is 27.2 Å². The van der Waals surface area contributed by atoms with E-state index in [0.29, 0.717) is 5.82 Å². The van der Waals surface area contributed by atoms with Gasteiger partial charge in [-0.1, -0.05) is 13.8 Å². The third kappa shape index (κ3) is 4.45. The van der Waals surface area contributed by atoms with Gasteiger partial charge in [-0.2, -0.15) is 5.10 Å². The topological polar surface area (TPSA) is 69.6 Å². The van der Waals surface area contributed by atoms with Crippen LogP contribution in [0.3, 0.4) is 0 Å². The van der Waals surface area contributed by atoms with Gasteiger partial charge < -0.3 is 14.9 Å². The lowest BCUT2D eigenvalue weighted by atomic mass is 10.2. The number of rotatable bonds is 9. The molecule has 0 aliphatic carbocycles. The van der Waals surface area contributed by atoms with Crippen molar-refractivity contribution in [2.75, 3.05) is 37.6 Å². The lowest BCUT2D eigenvalue weighted by Crippen LogP contribution is -2.31. The molecule has 0 unspecified atom stereocenters. The first-order valence-corrected chi connectivity index (χ1v) is 7.16. The Hall–Kier alpha value is -1.69. The van der Waals surface area contributed by atoms with Crippen LogP contribution in [0.5, 0.6) is 0 Å². The smallest absolute Gasteiger partial charge is 0.339 e. The minimum atomic E-state index is -0.961. The Morgan fingerprint density at radius 1 is 1.20 bits per heavy atom. The number of nitrogens with zero attached hydrogens (tertiary/aromatic N) is 4. The van der Waals surface area contributed by atoms with Gasteiger partial charge in [-0.05, 0) is 39.0 Å². The van der Waals surface area contributed by atoms with Crippen molar-refractivity contribution >= 4 is 11.8 Å². The molecule has 20 heavy (non-hydrogen) atoms. The molecule has 0 fully saturated rings. The zero-order valence-corrected chi connectivity index (χ0v) is 12.5. The highest BCUT2D eigenvalue weighted by atomic mass is 16.4. The summed E-state index contributed by atoms with van der Waals surface area (Å²) in [6.45, 7) is 10.9. The SMILES string of the molecule is CCN(CC)CCCN(CC)c1nnccc1C(=O)O. The van der Waals surface area contributed by atoms with Gasteiger partial charge in [-0.25, -0.2) is 4.79 Å². The van der Waals surface area contributed by atoms with Gasteiger partial charge in [-0.15, -0.1) is 5.10 Å². The number of carboxylic acids is 1. The molecule has 0 atom stereocenters. The molecule has 112 valence electrons. The van der Waals surface area contributed by atoms with Gasteiger partial charge in [0.2, 0.25) is 0 Å². The molecule has 1 aromatic heterocycles. The number of hydrogen-bond donors (Lipinski definition) is 1. The highest BCUT2D eigenvalue weighted by Gasteiger charge is 2.16. The molecule has 0 aliphatic heterocycles. The lowest BCUT2D eigenvalue weighted by Gasteiger charge is -2.24. The van der Waals surface area contributed by atoms with E-state index in [9.17, 15) is 9.90 Å². The largest absolute Gasteiger partial charge is 0.478 e. The summed E-state index contributed by atoms with van der Waals surface area (Å²) < 4.78 is 0. The van der Waals surface area contributed by atoms with E-state index < -0.39 is 5.97 Å².